The summed E-state index contributed by atoms with van der Waals surface area (Å²) in [5.74, 6) is 1.48. The zero-order valence-electron chi connectivity index (χ0n) is 19.5. The van der Waals surface area contributed by atoms with Crippen LogP contribution in [-0.2, 0) is 17.8 Å². The van der Waals surface area contributed by atoms with Crippen molar-refractivity contribution in [2.75, 3.05) is 39.5 Å². The van der Waals surface area contributed by atoms with E-state index in [1.54, 1.807) is 12.1 Å². The number of halogens is 1. The summed E-state index contributed by atoms with van der Waals surface area (Å²) in [4.78, 5) is 2.19. The molecule has 2 aromatic carbocycles. The molecule has 0 amide bonds. The van der Waals surface area contributed by atoms with Crippen LogP contribution in [0.1, 0.15) is 17.5 Å². The second-order valence-corrected chi connectivity index (χ2v) is 9.30. The van der Waals surface area contributed by atoms with Gasteiger partial charge in [0.15, 0.2) is 0 Å². The first kappa shape index (κ1) is 24.5. The minimum atomic E-state index is -1.11. The van der Waals surface area contributed by atoms with Gasteiger partial charge in [-0.3, -0.25) is 9.58 Å². The number of hydrogen-bond acceptors (Lipinski definition) is 6. The normalized spacial score (nSPS) is 19.0. The van der Waals surface area contributed by atoms with Gasteiger partial charge in [0.1, 0.15) is 23.7 Å². The molecule has 1 aliphatic rings. The maximum Gasteiger partial charge on any atom is 0.134 e. The third-order valence-corrected chi connectivity index (χ3v) is 5.85. The van der Waals surface area contributed by atoms with E-state index in [9.17, 15) is 5.11 Å². The van der Waals surface area contributed by atoms with Crippen molar-refractivity contribution in [1.29, 1.82) is 0 Å². The highest BCUT2D eigenvalue weighted by Crippen LogP contribution is 2.22. The Morgan fingerprint density at radius 1 is 1.15 bits per heavy atom. The van der Waals surface area contributed by atoms with Gasteiger partial charge >= 0.3 is 0 Å². The molecule has 3 aromatic rings. The quantitative estimate of drug-likeness (QED) is 0.438. The van der Waals surface area contributed by atoms with Crippen molar-refractivity contribution in [3.05, 3.63) is 77.1 Å². The molecule has 34 heavy (non-hydrogen) atoms. The fourth-order valence-corrected chi connectivity index (χ4v) is 4.17. The summed E-state index contributed by atoms with van der Waals surface area (Å²) in [5.41, 5.74) is 1.17. The predicted molar refractivity (Wildman–Crippen MR) is 132 cm³/mol. The summed E-state index contributed by atoms with van der Waals surface area (Å²) in [6.45, 7) is 6.27. The molecule has 0 spiro atoms. The Bertz CT molecular complexity index is 1060. The van der Waals surface area contributed by atoms with Crippen LogP contribution in [0.15, 0.2) is 60.9 Å². The van der Waals surface area contributed by atoms with Crippen molar-refractivity contribution in [3.63, 3.8) is 0 Å². The summed E-state index contributed by atoms with van der Waals surface area (Å²) in [6.07, 6.45) is 4.78. The van der Waals surface area contributed by atoms with Crippen LogP contribution < -0.4 is 9.47 Å². The topological polar surface area (TPSA) is 69.0 Å². The lowest BCUT2D eigenvalue weighted by Gasteiger charge is -2.30. The standard InChI is InChI=1S/C26H32ClN3O4/c1-21-15-28-30(16-21)9-4-11-33-24-7-2-5-22(13-24)17-29-10-12-32-19-26(31,18-29)20-34-25-8-3-6-23(27)14-25/h2-3,5-8,13-16,31H,4,9-12,17-20H2,1H3/t26-/m0/s1. The first-order valence-corrected chi connectivity index (χ1v) is 12.0. The summed E-state index contributed by atoms with van der Waals surface area (Å²) in [6, 6.07) is 15.3. The number of aliphatic hydroxyl groups is 1. The number of β-amino-alcohol motifs (C(OH)–C–C–N with tert-alkyl or cyclic N) is 1. The minimum Gasteiger partial charge on any atom is -0.494 e. The average molecular weight is 486 g/mol. The summed E-state index contributed by atoms with van der Waals surface area (Å²) in [5, 5.41) is 16.1. The Hall–Kier alpha value is -2.58. The van der Waals surface area contributed by atoms with Crippen molar-refractivity contribution in [2.45, 2.75) is 32.0 Å². The lowest BCUT2D eigenvalue weighted by atomic mass is 10.1. The number of aryl methyl sites for hydroxylation is 2. The van der Waals surface area contributed by atoms with Crippen LogP contribution >= 0.6 is 11.6 Å². The van der Waals surface area contributed by atoms with Crippen LogP contribution in [0.3, 0.4) is 0 Å². The number of hydrogen-bond donors (Lipinski definition) is 1. The molecule has 1 atom stereocenters. The van der Waals surface area contributed by atoms with Crippen molar-refractivity contribution in [1.82, 2.24) is 14.7 Å². The highest BCUT2D eigenvalue weighted by atomic mass is 35.5. The summed E-state index contributed by atoms with van der Waals surface area (Å²) >= 11 is 6.03. The van der Waals surface area contributed by atoms with Gasteiger partial charge in [0.05, 0.1) is 26.0 Å². The van der Waals surface area contributed by atoms with E-state index in [1.807, 2.05) is 48.3 Å². The SMILES string of the molecule is Cc1cnn(CCCOc2cccc(CN3CCOC[C@](O)(COc4cccc(Cl)c4)C3)c2)c1. The first-order valence-electron chi connectivity index (χ1n) is 11.6. The average Bonchev–Trinajstić information content (AvgIpc) is 3.14. The third kappa shape index (κ3) is 7.46. The molecular formula is C26H32ClN3O4. The van der Waals surface area contributed by atoms with Gasteiger partial charge in [-0.1, -0.05) is 29.8 Å². The Balaban J connectivity index is 1.28. The molecule has 8 heteroatoms. The van der Waals surface area contributed by atoms with Gasteiger partial charge in [-0.2, -0.15) is 5.10 Å². The monoisotopic (exact) mass is 485 g/mol. The fourth-order valence-electron chi connectivity index (χ4n) is 3.99. The zero-order valence-corrected chi connectivity index (χ0v) is 20.3. The molecule has 1 aromatic heterocycles. The van der Waals surface area contributed by atoms with Gasteiger partial charge in [0.2, 0.25) is 0 Å². The van der Waals surface area contributed by atoms with Crippen molar-refractivity contribution in [3.8, 4) is 11.5 Å². The predicted octanol–water partition coefficient (Wildman–Crippen LogP) is 3.96. The molecule has 0 aliphatic carbocycles. The number of rotatable bonds is 10. The highest BCUT2D eigenvalue weighted by molar-refractivity contribution is 6.30. The molecule has 0 radical (unpaired) electrons. The van der Waals surface area contributed by atoms with Gasteiger partial charge in [-0.25, -0.2) is 0 Å². The fraction of sp³-hybridized carbons (Fsp3) is 0.423. The lowest BCUT2D eigenvalue weighted by Crippen LogP contribution is -2.48. The number of nitrogens with zero attached hydrogens (tertiary/aromatic N) is 3. The molecule has 182 valence electrons. The molecule has 1 fully saturated rings. The van der Waals surface area contributed by atoms with Crippen LogP contribution in [0.4, 0.5) is 0 Å². The summed E-state index contributed by atoms with van der Waals surface area (Å²) in [7, 11) is 0. The number of benzene rings is 2. The second-order valence-electron chi connectivity index (χ2n) is 8.86. The van der Waals surface area contributed by atoms with E-state index in [0.717, 1.165) is 36.4 Å². The van der Waals surface area contributed by atoms with Crippen molar-refractivity contribution >= 4 is 11.6 Å². The van der Waals surface area contributed by atoms with E-state index >= 15 is 0 Å². The molecular weight excluding hydrogens is 454 g/mol. The molecule has 1 saturated heterocycles. The minimum absolute atomic E-state index is 0.128. The maximum atomic E-state index is 11.2. The molecule has 4 rings (SSSR count). The Kier molecular flexibility index (Phi) is 8.45. The first-order chi connectivity index (χ1) is 16.5. The molecule has 1 N–H and O–H groups in total. The Morgan fingerprint density at radius 3 is 2.76 bits per heavy atom. The Morgan fingerprint density at radius 2 is 1.97 bits per heavy atom. The summed E-state index contributed by atoms with van der Waals surface area (Å²) < 4.78 is 19.4. The van der Waals surface area contributed by atoms with E-state index in [0.29, 0.717) is 37.1 Å². The Labute approximate surface area is 205 Å². The number of ether oxygens (including phenoxy) is 3. The largest absolute Gasteiger partial charge is 0.494 e. The smallest absolute Gasteiger partial charge is 0.134 e. The van der Waals surface area contributed by atoms with Crippen molar-refractivity contribution < 1.29 is 19.3 Å². The highest BCUT2D eigenvalue weighted by Gasteiger charge is 2.33. The van der Waals surface area contributed by atoms with Gasteiger partial charge < -0.3 is 19.3 Å². The second kappa shape index (κ2) is 11.7. The van der Waals surface area contributed by atoms with Gasteiger partial charge in [0.25, 0.3) is 0 Å². The van der Waals surface area contributed by atoms with Crippen LogP contribution in [0.2, 0.25) is 5.02 Å². The molecule has 0 unspecified atom stereocenters. The molecule has 7 nitrogen and oxygen atoms in total. The van der Waals surface area contributed by atoms with E-state index in [1.165, 1.54) is 0 Å². The van der Waals surface area contributed by atoms with Crippen LogP contribution in [-0.4, -0.2) is 64.9 Å². The van der Waals surface area contributed by atoms with E-state index in [2.05, 4.69) is 22.1 Å². The number of aromatic nitrogens is 2. The van der Waals surface area contributed by atoms with Crippen LogP contribution in [0, 0.1) is 6.92 Å². The maximum absolute atomic E-state index is 11.2. The van der Waals surface area contributed by atoms with Gasteiger partial charge in [-0.15, -0.1) is 0 Å². The molecule has 0 bridgehead atoms. The van der Waals surface area contributed by atoms with Crippen molar-refractivity contribution in [2.24, 2.45) is 0 Å². The van der Waals surface area contributed by atoms with Gasteiger partial charge in [0, 0.05) is 43.8 Å². The molecule has 2 heterocycles. The van der Waals surface area contributed by atoms with E-state index in [-0.39, 0.29) is 13.2 Å². The van der Waals surface area contributed by atoms with Crippen LogP contribution in [0.5, 0.6) is 11.5 Å². The third-order valence-electron chi connectivity index (χ3n) is 5.61. The molecule has 0 saturated carbocycles. The van der Waals surface area contributed by atoms with E-state index < -0.39 is 5.60 Å². The van der Waals surface area contributed by atoms with E-state index in [4.69, 9.17) is 25.8 Å². The van der Waals surface area contributed by atoms with Crippen LogP contribution in [0.25, 0.3) is 0 Å². The lowest BCUT2D eigenvalue weighted by molar-refractivity contribution is -0.0646. The molecule has 1 aliphatic heterocycles. The zero-order chi connectivity index (χ0) is 23.8. The van der Waals surface area contributed by atoms with Gasteiger partial charge in [-0.05, 0) is 48.4 Å².